The van der Waals surface area contributed by atoms with E-state index < -0.39 is 17.8 Å². The third-order valence-corrected chi connectivity index (χ3v) is 3.33. The van der Waals surface area contributed by atoms with Crippen molar-refractivity contribution in [1.82, 2.24) is 4.98 Å². The molecule has 0 bridgehead atoms. The van der Waals surface area contributed by atoms with Crippen LogP contribution in [0.2, 0.25) is 0 Å². The Morgan fingerprint density at radius 3 is 2.43 bits per heavy atom. The molecule has 0 atom stereocenters. The molecule has 0 spiro atoms. The minimum atomic E-state index is -3.65. The standard InChI is InChI=1S/C8H6NO2.2O.Ti/c10-7-3-5-1-2-9-6(5)4-8(7)11;;;/h2-4,9-11H;;;. The number of nitrogens with one attached hydrogen (secondary N) is 1. The molecule has 5 nitrogen and oxygen atoms in total. The third kappa shape index (κ3) is 1.30. The van der Waals surface area contributed by atoms with Crippen molar-refractivity contribution in [3.63, 3.8) is 0 Å². The van der Waals surface area contributed by atoms with Crippen LogP contribution < -0.4 is 3.87 Å². The molecule has 0 fully saturated rings. The number of phenols is 2. The number of hydrogen-bond donors (Lipinski definition) is 3. The van der Waals surface area contributed by atoms with Gasteiger partial charge in [-0.05, 0) is 0 Å². The Morgan fingerprint density at radius 1 is 1.14 bits per heavy atom. The molecule has 0 saturated heterocycles. The zero-order valence-electron chi connectivity index (χ0n) is 6.94. The SMILES string of the molecule is [O]=[Ti](=[O])[c]1c[nH]c2cc(O)c(O)cc12. The molecule has 0 saturated carbocycles. The maximum atomic E-state index is 10.8. The van der Waals surface area contributed by atoms with Crippen LogP contribution in [0.1, 0.15) is 0 Å². The van der Waals surface area contributed by atoms with E-state index in [1.54, 1.807) is 0 Å². The molecule has 0 aliphatic heterocycles. The number of fused-ring (bicyclic) bond motifs is 1. The van der Waals surface area contributed by atoms with Crippen LogP contribution in [0, 0.1) is 0 Å². The Kier molecular flexibility index (Phi) is 2.05. The van der Waals surface area contributed by atoms with Gasteiger partial charge in [0.2, 0.25) is 0 Å². The van der Waals surface area contributed by atoms with E-state index in [-0.39, 0.29) is 15.4 Å². The maximum absolute atomic E-state index is 10.8. The average Bonchev–Trinajstić information content (AvgIpc) is 2.48. The predicted molar refractivity (Wildman–Crippen MR) is 42.6 cm³/mol. The molecule has 2 aromatic rings. The van der Waals surface area contributed by atoms with Gasteiger partial charge in [-0.1, -0.05) is 0 Å². The van der Waals surface area contributed by atoms with Gasteiger partial charge in [-0.3, -0.25) is 0 Å². The van der Waals surface area contributed by atoms with Crippen LogP contribution >= 0.6 is 0 Å². The fourth-order valence-corrected chi connectivity index (χ4v) is 2.28. The first kappa shape index (κ1) is 9.24. The van der Waals surface area contributed by atoms with Crippen molar-refractivity contribution in [2.24, 2.45) is 0 Å². The number of benzene rings is 1. The number of hydrogen-bond acceptors (Lipinski definition) is 4. The zero-order chi connectivity index (χ0) is 10.3. The molecule has 1 aromatic carbocycles. The Morgan fingerprint density at radius 2 is 1.79 bits per heavy atom. The van der Waals surface area contributed by atoms with E-state index in [1.165, 1.54) is 18.3 Å². The Bertz CT molecular complexity index is 562. The summed E-state index contributed by atoms with van der Waals surface area (Å²) in [5.74, 6) is -0.595. The summed E-state index contributed by atoms with van der Waals surface area (Å²) in [6, 6.07) is 2.52. The first-order valence-electron chi connectivity index (χ1n) is 3.84. The van der Waals surface area contributed by atoms with Crippen LogP contribution in [0.25, 0.3) is 10.9 Å². The number of phenolic OH excluding ortho intramolecular Hbond substituents is 2. The van der Waals surface area contributed by atoms with Crippen LogP contribution in [-0.4, -0.2) is 15.2 Å². The van der Waals surface area contributed by atoms with Crippen LogP contribution in [0.3, 0.4) is 0 Å². The number of aromatic amines is 1. The second-order valence-electron chi connectivity index (χ2n) is 2.88. The molecule has 0 aliphatic carbocycles. The van der Waals surface area contributed by atoms with Crippen LogP contribution in [0.4, 0.5) is 0 Å². The van der Waals surface area contributed by atoms with Crippen LogP contribution in [0.5, 0.6) is 11.5 Å². The first-order chi connectivity index (χ1) is 6.59. The summed E-state index contributed by atoms with van der Waals surface area (Å²) in [7, 11) is 0. The van der Waals surface area contributed by atoms with Crippen LogP contribution in [0.15, 0.2) is 18.3 Å². The fourth-order valence-electron chi connectivity index (χ4n) is 1.32. The van der Waals surface area contributed by atoms with Crippen molar-refractivity contribution in [1.29, 1.82) is 0 Å². The average molecular weight is 228 g/mol. The van der Waals surface area contributed by atoms with Crippen molar-refractivity contribution in [3.05, 3.63) is 18.3 Å². The number of aromatic nitrogens is 1. The Hall–Kier alpha value is -1.33. The molecule has 1 aromatic heterocycles. The van der Waals surface area contributed by atoms with Gasteiger partial charge in [0.05, 0.1) is 0 Å². The Labute approximate surface area is 84.5 Å². The molecule has 2 rings (SSSR count). The van der Waals surface area contributed by atoms with Gasteiger partial charge >= 0.3 is 84.3 Å². The van der Waals surface area contributed by atoms with Gasteiger partial charge in [0.25, 0.3) is 0 Å². The van der Waals surface area contributed by atoms with Gasteiger partial charge in [0.15, 0.2) is 0 Å². The molecule has 0 unspecified atom stereocenters. The van der Waals surface area contributed by atoms with Gasteiger partial charge in [0.1, 0.15) is 0 Å². The number of aromatic hydroxyl groups is 2. The minimum absolute atomic E-state index is 0.204. The van der Waals surface area contributed by atoms with E-state index in [1.807, 2.05) is 0 Å². The van der Waals surface area contributed by atoms with Crippen molar-refractivity contribution in [3.8, 4) is 11.5 Å². The quantitative estimate of drug-likeness (QED) is 0.490. The first-order valence-corrected chi connectivity index (χ1v) is 5.89. The fraction of sp³-hybridized carbons (Fsp3) is 0. The number of H-pyrrole nitrogens is 1. The molecule has 0 radical (unpaired) electrons. The molecule has 0 aliphatic rings. The molecule has 0 amide bonds. The van der Waals surface area contributed by atoms with E-state index in [4.69, 9.17) is 5.11 Å². The van der Waals surface area contributed by atoms with Gasteiger partial charge in [-0.15, -0.1) is 0 Å². The van der Waals surface area contributed by atoms with E-state index >= 15 is 0 Å². The van der Waals surface area contributed by atoms with Crippen molar-refractivity contribution >= 4 is 14.8 Å². The molecule has 3 N–H and O–H groups in total. The van der Waals surface area contributed by atoms with Crippen molar-refractivity contribution in [2.75, 3.05) is 0 Å². The van der Waals surface area contributed by atoms with Crippen molar-refractivity contribution < 1.29 is 34.7 Å². The summed E-state index contributed by atoms with van der Waals surface area (Å²) >= 11 is -3.65. The summed E-state index contributed by atoms with van der Waals surface area (Å²) in [5, 5.41) is 18.8. The molecular formula is C8H6NO4Ti. The van der Waals surface area contributed by atoms with E-state index in [2.05, 4.69) is 4.98 Å². The summed E-state index contributed by atoms with van der Waals surface area (Å²) in [6.07, 6.45) is 1.36. The van der Waals surface area contributed by atoms with E-state index in [9.17, 15) is 11.8 Å². The Balaban J connectivity index is 2.87. The second kappa shape index (κ2) is 3.11. The summed E-state index contributed by atoms with van der Waals surface area (Å²) in [4.78, 5) is 2.71. The van der Waals surface area contributed by atoms with Gasteiger partial charge in [-0.25, -0.2) is 0 Å². The third-order valence-electron chi connectivity index (χ3n) is 2.00. The summed E-state index contributed by atoms with van der Waals surface area (Å²) < 4.78 is 21.9. The monoisotopic (exact) mass is 228 g/mol. The summed E-state index contributed by atoms with van der Waals surface area (Å²) in [5.41, 5.74) is 0.493. The second-order valence-corrected chi connectivity index (χ2v) is 4.62. The van der Waals surface area contributed by atoms with Gasteiger partial charge < -0.3 is 0 Å². The summed E-state index contributed by atoms with van der Waals surface area (Å²) in [6.45, 7) is 0. The van der Waals surface area contributed by atoms with E-state index in [0.717, 1.165) is 0 Å². The normalized spacial score (nSPS) is 10.6. The predicted octanol–water partition coefficient (Wildman–Crippen LogP) is 0.514. The molecule has 14 heavy (non-hydrogen) atoms. The molecule has 6 heteroatoms. The zero-order valence-corrected chi connectivity index (χ0v) is 8.50. The molecule has 71 valence electrons. The topological polar surface area (TPSA) is 90.4 Å². The van der Waals surface area contributed by atoms with Gasteiger partial charge in [0, 0.05) is 0 Å². The van der Waals surface area contributed by atoms with E-state index in [0.29, 0.717) is 10.9 Å². The van der Waals surface area contributed by atoms with Gasteiger partial charge in [-0.2, -0.15) is 0 Å². The molecular weight excluding hydrogens is 222 g/mol. The number of rotatable bonds is 1. The molecule has 1 heterocycles. The van der Waals surface area contributed by atoms with Crippen molar-refractivity contribution in [2.45, 2.75) is 0 Å². The van der Waals surface area contributed by atoms with Crippen LogP contribution in [-0.2, 0) is 24.5 Å².